The number of rotatable bonds is 8. The standard InChI is InChI=1S/C19H17N3O6S3/c1-13(23)14-6-4-7-15(12-14)30(25,26)22-20-19(24)16-8-2-3-9-17(16)21-31(27,28)18-10-5-11-29-18/h2-12,21-22H,1H3,(H,20,24). The molecule has 162 valence electrons. The molecule has 0 aliphatic rings. The molecule has 0 spiro atoms. The maximum atomic E-state index is 12.6. The van der Waals surface area contributed by atoms with Gasteiger partial charge in [0.05, 0.1) is 16.1 Å². The first kappa shape index (κ1) is 22.6. The molecule has 0 atom stereocenters. The molecule has 3 aromatic rings. The maximum Gasteiger partial charge on any atom is 0.271 e. The number of sulfonamides is 2. The quantitative estimate of drug-likeness (QED) is 0.335. The minimum atomic E-state index is -4.17. The number of carbonyl (C=O) groups excluding carboxylic acids is 2. The van der Waals surface area contributed by atoms with Crippen LogP contribution in [0.5, 0.6) is 0 Å². The number of para-hydroxylation sites is 1. The largest absolute Gasteiger partial charge is 0.295 e. The van der Waals surface area contributed by atoms with Gasteiger partial charge in [-0.25, -0.2) is 16.8 Å². The summed E-state index contributed by atoms with van der Waals surface area (Å²) in [5.74, 6) is -1.19. The second kappa shape index (κ2) is 8.98. The van der Waals surface area contributed by atoms with Crippen LogP contribution in [0.3, 0.4) is 0 Å². The lowest BCUT2D eigenvalue weighted by molar-refractivity contribution is 0.0945. The van der Waals surface area contributed by atoms with E-state index in [1.807, 2.05) is 4.83 Å². The van der Waals surface area contributed by atoms with Gasteiger partial charge in [0, 0.05) is 5.56 Å². The zero-order chi connectivity index (χ0) is 22.6. The van der Waals surface area contributed by atoms with Gasteiger partial charge < -0.3 is 0 Å². The molecule has 0 fully saturated rings. The van der Waals surface area contributed by atoms with Crippen molar-refractivity contribution in [3.63, 3.8) is 0 Å². The molecular formula is C19H17N3O6S3. The summed E-state index contributed by atoms with van der Waals surface area (Å²) < 4.78 is 52.2. The molecule has 2 aromatic carbocycles. The fourth-order valence-electron chi connectivity index (χ4n) is 2.50. The molecule has 3 N–H and O–H groups in total. The van der Waals surface area contributed by atoms with Crippen LogP contribution in [0.15, 0.2) is 75.1 Å². The summed E-state index contributed by atoms with van der Waals surface area (Å²) >= 11 is 1.01. The third-order valence-corrected chi connectivity index (χ3v) is 8.03. The number of hydrazine groups is 1. The van der Waals surface area contributed by atoms with Crippen LogP contribution in [0.4, 0.5) is 5.69 Å². The molecular weight excluding hydrogens is 462 g/mol. The molecule has 0 aliphatic carbocycles. The molecule has 9 nitrogen and oxygen atoms in total. The van der Waals surface area contributed by atoms with Gasteiger partial charge in [0.1, 0.15) is 4.21 Å². The molecule has 3 rings (SSSR count). The number of amides is 1. The molecule has 1 heterocycles. The van der Waals surface area contributed by atoms with E-state index in [4.69, 9.17) is 0 Å². The summed E-state index contributed by atoms with van der Waals surface area (Å²) in [4.78, 5) is 25.8. The van der Waals surface area contributed by atoms with Crippen molar-refractivity contribution in [1.29, 1.82) is 0 Å². The van der Waals surface area contributed by atoms with Crippen LogP contribution in [-0.4, -0.2) is 28.5 Å². The number of hydrogen-bond acceptors (Lipinski definition) is 7. The molecule has 12 heteroatoms. The lowest BCUT2D eigenvalue weighted by Crippen LogP contribution is -2.41. The van der Waals surface area contributed by atoms with Crippen LogP contribution >= 0.6 is 11.3 Å². The lowest BCUT2D eigenvalue weighted by Gasteiger charge is -2.13. The van der Waals surface area contributed by atoms with Crippen molar-refractivity contribution in [3.05, 3.63) is 77.2 Å². The van der Waals surface area contributed by atoms with Crippen LogP contribution < -0.4 is 15.0 Å². The van der Waals surface area contributed by atoms with Crippen LogP contribution in [0.25, 0.3) is 0 Å². The summed E-state index contributed by atoms with van der Waals surface area (Å²) in [7, 11) is -8.08. The third kappa shape index (κ3) is 5.35. The minimum absolute atomic E-state index is 0.0221. The maximum absolute atomic E-state index is 12.6. The van der Waals surface area contributed by atoms with Gasteiger partial charge in [0.15, 0.2) is 5.78 Å². The SMILES string of the molecule is CC(=O)c1cccc(S(=O)(=O)NNC(=O)c2ccccc2NS(=O)(=O)c2cccs2)c1. The van der Waals surface area contributed by atoms with E-state index >= 15 is 0 Å². The molecule has 31 heavy (non-hydrogen) atoms. The van der Waals surface area contributed by atoms with Gasteiger partial charge in [-0.1, -0.05) is 30.3 Å². The highest BCUT2D eigenvalue weighted by atomic mass is 32.2. The number of benzene rings is 2. The molecule has 1 amide bonds. The van der Waals surface area contributed by atoms with Crippen molar-refractivity contribution in [2.75, 3.05) is 4.72 Å². The number of nitrogens with one attached hydrogen (secondary N) is 3. The van der Waals surface area contributed by atoms with Gasteiger partial charge in [0.2, 0.25) is 0 Å². The van der Waals surface area contributed by atoms with E-state index in [2.05, 4.69) is 10.1 Å². The minimum Gasteiger partial charge on any atom is -0.295 e. The van der Waals surface area contributed by atoms with Gasteiger partial charge in [0.25, 0.3) is 26.0 Å². The molecule has 0 aliphatic heterocycles. The van der Waals surface area contributed by atoms with Gasteiger partial charge in [-0.15, -0.1) is 16.2 Å². The smallest absolute Gasteiger partial charge is 0.271 e. The summed E-state index contributed by atoms with van der Waals surface area (Å²) in [5.41, 5.74) is 2.13. The predicted octanol–water partition coefficient (Wildman–Crippen LogP) is 2.37. The zero-order valence-electron chi connectivity index (χ0n) is 16.0. The number of hydrogen-bond donors (Lipinski definition) is 3. The average molecular weight is 480 g/mol. The normalized spacial score (nSPS) is 11.6. The summed E-state index contributed by atoms with van der Waals surface area (Å²) in [6.07, 6.45) is 0. The van der Waals surface area contributed by atoms with E-state index in [9.17, 15) is 26.4 Å². The van der Waals surface area contributed by atoms with Crippen molar-refractivity contribution in [2.45, 2.75) is 16.0 Å². The van der Waals surface area contributed by atoms with Crippen LogP contribution in [0, 0.1) is 0 Å². The van der Waals surface area contributed by atoms with Crippen LogP contribution in [0.2, 0.25) is 0 Å². The molecule has 0 saturated heterocycles. The number of thiophene rings is 1. The van der Waals surface area contributed by atoms with Gasteiger partial charge >= 0.3 is 0 Å². The molecule has 0 unspecified atom stereocenters. The lowest BCUT2D eigenvalue weighted by atomic mass is 10.2. The van der Waals surface area contributed by atoms with Gasteiger partial charge in [-0.3, -0.25) is 19.7 Å². The fourth-order valence-corrected chi connectivity index (χ4v) is 5.46. The molecule has 0 saturated carbocycles. The Morgan fingerprint density at radius 2 is 1.61 bits per heavy atom. The second-order valence-corrected chi connectivity index (χ2v) is 10.8. The Bertz CT molecular complexity index is 1330. The Labute approximate surface area is 183 Å². The van der Waals surface area contributed by atoms with Crippen molar-refractivity contribution >= 4 is 48.8 Å². The van der Waals surface area contributed by atoms with Crippen molar-refractivity contribution in [2.24, 2.45) is 0 Å². The number of anilines is 1. The van der Waals surface area contributed by atoms with Gasteiger partial charge in [-0.2, -0.15) is 0 Å². The third-order valence-electron chi connectivity index (χ3n) is 4.03. The molecule has 1 aromatic heterocycles. The Morgan fingerprint density at radius 3 is 2.29 bits per heavy atom. The first-order valence-corrected chi connectivity index (χ1v) is 12.5. The van der Waals surface area contributed by atoms with E-state index in [0.717, 1.165) is 11.3 Å². The van der Waals surface area contributed by atoms with Crippen molar-refractivity contribution in [1.82, 2.24) is 10.3 Å². The summed E-state index contributed by atoms with van der Waals surface area (Å²) in [6.45, 7) is 1.30. The Kier molecular flexibility index (Phi) is 6.55. The number of carbonyl (C=O) groups is 2. The predicted molar refractivity (Wildman–Crippen MR) is 116 cm³/mol. The Hall–Kier alpha value is -3.06. The van der Waals surface area contributed by atoms with Gasteiger partial charge in [-0.05, 0) is 42.6 Å². The van der Waals surface area contributed by atoms with E-state index < -0.39 is 26.0 Å². The summed E-state index contributed by atoms with van der Waals surface area (Å²) in [6, 6.07) is 14.1. The Balaban J connectivity index is 1.79. The zero-order valence-corrected chi connectivity index (χ0v) is 18.5. The first-order chi connectivity index (χ1) is 14.6. The fraction of sp³-hybridized carbons (Fsp3) is 0.0526. The van der Waals surface area contributed by atoms with E-state index in [-0.39, 0.29) is 31.7 Å². The highest BCUT2D eigenvalue weighted by molar-refractivity contribution is 7.94. The monoisotopic (exact) mass is 479 g/mol. The first-order valence-electron chi connectivity index (χ1n) is 8.69. The van der Waals surface area contributed by atoms with Crippen LogP contribution in [-0.2, 0) is 20.0 Å². The molecule has 0 radical (unpaired) electrons. The average Bonchev–Trinajstić information content (AvgIpc) is 3.28. The van der Waals surface area contributed by atoms with E-state index in [1.165, 1.54) is 61.5 Å². The second-order valence-electron chi connectivity index (χ2n) is 6.23. The van der Waals surface area contributed by atoms with Crippen LogP contribution in [0.1, 0.15) is 27.6 Å². The van der Waals surface area contributed by atoms with Crippen molar-refractivity contribution in [3.8, 4) is 0 Å². The van der Waals surface area contributed by atoms with Crippen molar-refractivity contribution < 1.29 is 26.4 Å². The highest BCUT2D eigenvalue weighted by Gasteiger charge is 2.21. The highest BCUT2D eigenvalue weighted by Crippen LogP contribution is 2.23. The van der Waals surface area contributed by atoms with E-state index in [0.29, 0.717) is 0 Å². The molecule has 0 bridgehead atoms. The topological polar surface area (TPSA) is 139 Å². The summed E-state index contributed by atoms with van der Waals surface area (Å²) in [5, 5.41) is 1.60. The number of Topliss-reactive ketones (excluding diaryl/α,β-unsaturated/α-hetero) is 1. The van der Waals surface area contributed by atoms with E-state index in [1.54, 1.807) is 11.4 Å². The number of ketones is 1. The Morgan fingerprint density at radius 1 is 0.871 bits per heavy atom.